The molecule has 0 spiro atoms. The van der Waals surface area contributed by atoms with Crippen LogP contribution in [0.15, 0.2) is 48.5 Å². The molecular formula is C21H22N2O4. The summed E-state index contributed by atoms with van der Waals surface area (Å²) in [6.07, 6.45) is 0.0320. The zero-order chi connectivity index (χ0) is 19.6. The summed E-state index contributed by atoms with van der Waals surface area (Å²) in [6.45, 7) is 3.53. The lowest BCUT2D eigenvalue weighted by Gasteiger charge is -2.19. The lowest BCUT2D eigenvalue weighted by molar-refractivity contribution is -0.148. The summed E-state index contributed by atoms with van der Waals surface area (Å²) < 4.78 is 10.6. The Balaban J connectivity index is 1.81. The van der Waals surface area contributed by atoms with E-state index >= 15 is 0 Å². The number of anilines is 1. The molecule has 1 amide bonds. The number of benzene rings is 2. The molecule has 0 unspecified atom stereocenters. The summed E-state index contributed by atoms with van der Waals surface area (Å²) in [5.74, 6) is -0.256. The van der Waals surface area contributed by atoms with Crippen LogP contribution in [0.5, 0.6) is 5.75 Å². The third kappa shape index (κ3) is 6.15. The Kier molecular flexibility index (Phi) is 7.38. The minimum atomic E-state index is -0.529. The zero-order valence-corrected chi connectivity index (χ0v) is 15.5. The van der Waals surface area contributed by atoms with Crippen molar-refractivity contribution >= 4 is 17.6 Å². The first kappa shape index (κ1) is 20.0. The molecular weight excluding hydrogens is 344 g/mol. The minimum absolute atomic E-state index is 0.0320. The van der Waals surface area contributed by atoms with Crippen LogP contribution < -0.4 is 9.64 Å². The smallest absolute Gasteiger partial charge is 0.309 e. The number of nitriles is 1. The average Bonchev–Trinajstić information content (AvgIpc) is 2.67. The molecule has 0 bridgehead atoms. The lowest BCUT2D eigenvalue weighted by Crippen LogP contribution is -2.35. The first-order valence-electron chi connectivity index (χ1n) is 8.59. The minimum Gasteiger partial charge on any atom is -0.493 e. The molecule has 0 fully saturated rings. The number of carbonyl (C=O) groups is 2. The van der Waals surface area contributed by atoms with Gasteiger partial charge in [-0.15, -0.1) is 0 Å². The van der Waals surface area contributed by atoms with E-state index in [0.29, 0.717) is 5.69 Å². The van der Waals surface area contributed by atoms with Crippen LogP contribution in [0, 0.1) is 25.2 Å². The van der Waals surface area contributed by atoms with Gasteiger partial charge in [-0.2, -0.15) is 5.26 Å². The van der Waals surface area contributed by atoms with Gasteiger partial charge in [-0.25, -0.2) is 0 Å². The van der Waals surface area contributed by atoms with E-state index in [-0.39, 0.29) is 19.6 Å². The number of ether oxygens (including phenoxy) is 2. The fraction of sp³-hybridized carbons (Fsp3) is 0.286. The monoisotopic (exact) mass is 366 g/mol. The Bertz CT molecular complexity index is 828. The van der Waals surface area contributed by atoms with Crippen LogP contribution in [0.4, 0.5) is 5.69 Å². The van der Waals surface area contributed by atoms with Crippen LogP contribution in [0.1, 0.15) is 17.5 Å². The van der Waals surface area contributed by atoms with Gasteiger partial charge in [0, 0.05) is 5.69 Å². The second kappa shape index (κ2) is 9.97. The highest BCUT2D eigenvalue weighted by molar-refractivity contribution is 5.95. The molecule has 0 aliphatic heterocycles. The Hall–Kier alpha value is -3.33. The summed E-state index contributed by atoms with van der Waals surface area (Å²) in [6, 6.07) is 16.6. The number of carbonyl (C=O) groups excluding carboxylic acids is 2. The van der Waals surface area contributed by atoms with Crippen molar-refractivity contribution in [3.05, 3.63) is 59.7 Å². The standard InChI is InChI=1S/C21H22N2O4/c1-16-8-9-17(2)19(14-16)26-13-10-21(25)27-15-20(24)23(12-11-22)18-6-4-3-5-7-18/h3-9,14H,10,12-13,15H2,1-2H3. The number of aryl methyl sites for hydroxylation is 2. The van der Waals surface area contributed by atoms with Crippen molar-refractivity contribution in [2.24, 2.45) is 0 Å². The van der Waals surface area contributed by atoms with Crippen molar-refractivity contribution < 1.29 is 19.1 Å². The lowest BCUT2D eigenvalue weighted by atomic mass is 10.1. The fourth-order valence-corrected chi connectivity index (χ4v) is 2.40. The number of hydrogen-bond acceptors (Lipinski definition) is 5. The molecule has 0 radical (unpaired) electrons. The van der Waals surface area contributed by atoms with Gasteiger partial charge in [-0.3, -0.25) is 14.5 Å². The maximum absolute atomic E-state index is 12.3. The summed E-state index contributed by atoms with van der Waals surface area (Å²) in [5, 5.41) is 8.92. The number of esters is 1. The summed E-state index contributed by atoms with van der Waals surface area (Å²) in [5.41, 5.74) is 2.64. The average molecular weight is 366 g/mol. The Labute approximate surface area is 158 Å². The van der Waals surface area contributed by atoms with Gasteiger partial charge in [0.25, 0.3) is 5.91 Å². The van der Waals surface area contributed by atoms with E-state index in [1.54, 1.807) is 24.3 Å². The molecule has 6 heteroatoms. The molecule has 0 saturated heterocycles. The second-order valence-electron chi connectivity index (χ2n) is 6.00. The van der Waals surface area contributed by atoms with Crippen molar-refractivity contribution in [1.29, 1.82) is 5.26 Å². The van der Waals surface area contributed by atoms with Crippen molar-refractivity contribution in [3.8, 4) is 11.8 Å². The van der Waals surface area contributed by atoms with Gasteiger partial charge in [0.2, 0.25) is 0 Å². The predicted molar refractivity (Wildman–Crippen MR) is 101 cm³/mol. The van der Waals surface area contributed by atoms with Crippen molar-refractivity contribution in [2.75, 3.05) is 24.7 Å². The van der Waals surface area contributed by atoms with Crippen LogP contribution >= 0.6 is 0 Å². The third-order valence-electron chi connectivity index (χ3n) is 3.86. The number of hydrogen-bond donors (Lipinski definition) is 0. The predicted octanol–water partition coefficient (Wildman–Crippen LogP) is 3.17. The Morgan fingerprint density at radius 1 is 1.11 bits per heavy atom. The molecule has 0 aromatic heterocycles. The number of rotatable bonds is 8. The SMILES string of the molecule is Cc1ccc(C)c(OCCC(=O)OCC(=O)N(CC#N)c2ccccc2)c1. The molecule has 0 atom stereocenters. The van der Waals surface area contributed by atoms with E-state index in [1.165, 1.54) is 4.90 Å². The molecule has 6 nitrogen and oxygen atoms in total. The fourth-order valence-electron chi connectivity index (χ4n) is 2.40. The van der Waals surface area contributed by atoms with Gasteiger partial charge in [-0.1, -0.05) is 30.3 Å². The molecule has 140 valence electrons. The molecule has 0 heterocycles. The van der Waals surface area contributed by atoms with Gasteiger partial charge in [0.15, 0.2) is 6.61 Å². The molecule has 27 heavy (non-hydrogen) atoms. The van der Waals surface area contributed by atoms with Gasteiger partial charge < -0.3 is 9.47 Å². The summed E-state index contributed by atoms with van der Waals surface area (Å²) in [7, 11) is 0. The van der Waals surface area contributed by atoms with Gasteiger partial charge >= 0.3 is 5.97 Å². The van der Waals surface area contributed by atoms with E-state index in [4.69, 9.17) is 14.7 Å². The number of amides is 1. The number of nitrogens with zero attached hydrogens (tertiary/aromatic N) is 2. The summed E-state index contributed by atoms with van der Waals surface area (Å²) in [4.78, 5) is 25.4. The highest BCUT2D eigenvalue weighted by Gasteiger charge is 2.17. The van der Waals surface area contributed by atoms with E-state index < -0.39 is 18.5 Å². The van der Waals surface area contributed by atoms with E-state index in [2.05, 4.69) is 0 Å². The van der Waals surface area contributed by atoms with Crippen molar-refractivity contribution in [2.45, 2.75) is 20.3 Å². The van der Waals surface area contributed by atoms with E-state index in [1.807, 2.05) is 44.2 Å². The first-order chi connectivity index (χ1) is 13.0. The summed E-state index contributed by atoms with van der Waals surface area (Å²) >= 11 is 0. The Morgan fingerprint density at radius 3 is 2.56 bits per heavy atom. The highest BCUT2D eigenvalue weighted by Crippen LogP contribution is 2.19. The topological polar surface area (TPSA) is 79.6 Å². The molecule has 0 aliphatic rings. The van der Waals surface area contributed by atoms with Gasteiger partial charge in [0.05, 0.1) is 19.1 Å². The molecule has 2 aromatic carbocycles. The molecule has 0 saturated carbocycles. The quantitative estimate of drug-likeness (QED) is 0.529. The van der Waals surface area contributed by atoms with Crippen molar-refractivity contribution in [3.63, 3.8) is 0 Å². The molecule has 2 aromatic rings. The van der Waals surface area contributed by atoms with E-state index in [0.717, 1.165) is 16.9 Å². The van der Waals surface area contributed by atoms with Gasteiger partial charge in [0.1, 0.15) is 12.3 Å². The molecule has 2 rings (SSSR count). The van der Waals surface area contributed by atoms with Crippen LogP contribution in [0.2, 0.25) is 0 Å². The second-order valence-corrected chi connectivity index (χ2v) is 6.00. The third-order valence-corrected chi connectivity index (χ3v) is 3.86. The number of para-hydroxylation sites is 1. The molecule has 0 aliphatic carbocycles. The molecule has 0 N–H and O–H groups in total. The van der Waals surface area contributed by atoms with Gasteiger partial charge in [-0.05, 0) is 43.2 Å². The Morgan fingerprint density at radius 2 is 1.85 bits per heavy atom. The maximum Gasteiger partial charge on any atom is 0.309 e. The maximum atomic E-state index is 12.3. The van der Waals surface area contributed by atoms with Crippen LogP contribution in [0.3, 0.4) is 0 Å². The van der Waals surface area contributed by atoms with Crippen LogP contribution in [-0.2, 0) is 14.3 Å². The van der Waals surface area contributed by atoms with Crippen molar-refractivity contribution in [1.82, 2.24) is 0 Å². The largest absolute Gasteiger partial charge is 0.493 e. The van der Waals surface area contributed by atoms with Crippen LogP contribution in [-0.4, -0.2) is 31.6 Å². The highest BCUT2D eigenvalue weighted by atomic mass is 16.5. The van der Waals surface area contributed by atoms with E-state index in [9.17, 15) is 9.59 Å². The normalized spacial score (nSPS) is 9.96. The van der Waals surface area contributed by atoms with Crippen LogP contribution in [0.25, 0.3) is 0 Å². The first-order valence-corrected chi connectivity index (χ1v) is 8.59. The zero-order valence-electron chi connectivity index (χ0n) is 15.5.